The van der Waals surface area contributed by atoms with E-state index in [1.54, 1.807) is 19.2 Å². The Morgan fingerprint density at radius 2 is 2.22 bits per heavy atom. The summed E-state index contributed by atoms with van der Waals surface area (Å²) in [5, 5.41) is 5.87. The molecule has 7 heteroatoms. The summed E-state index contributed by atoms with van der Waals surface area (Å²) in [5.41, 5.74) is 3.12. The number of nitrogens with one attached hydrogen (secondary N) is 1. The number of nitrogens with zero attached hydrogens (tertiary/aromatic N) is 1. The van der Waals surface area contributed by atoms with Crippen molar-refractivity contribution in [1.82, 2.24) is 4.98 Å². The van der Waals surface area contributed by atoms with Crippen LogP contribution in [0.3, 0.4) is 0 Å². The molecular weight excluding hydrogens is 317 g/mol. The van der Waals surface area contributed by atoms with Crippen molar-refractivity contribution in [1.29, 1.82) is 0 Å². The maximum Gasteiger partial charge on any atom is 0.142 e. The Kier molecular flexibility index (Phi) is 3.16. The number of H-pyrrole nitrogens is 1. The van der Waals surface area contributed by atoms with Gasteiger partial charge in [0.05, 0.1) is 22.8 Å². The minimum atomic E-state index is -3.34. The fourth-order valence-corrected chi connectivity index (χ4v) is 4.14. The van der Waals surface area contributed by atoms with Crippen LogP contribution in [0, 0.1) is 12.7 Å². The molecule has 2 aliphatic rings. The van der Waals surface area contributed by atoms with Gasteiger partial charge in [0.25, 0.3) is 0 Å². The highest BCUT2D eigenvalue weighted by Gasteiger charge is 2.47. The number of benzene rings is 1. The lowest BCUT2D eigenvalue weighted by atomic mass is 10.0. The Morgan fingerprint density at radius 3 is 2.91 bits per heavy atom. The lowest BCUT2D eigenvalue weighted by Crippen LogP contribution is -2.23. The Hall–Kier alpha value is -1.70. The van der Waals surface area contributed by atoms with Crippen LogP contribution in [-0.2, 0) is 27.7 Å². The van der Waals surface area contributed by atoms with Gasteiger partial charge >= 0.3 is 0 Å². The summed E-state index contributed by atoms with van der Waals surface area (Å²) in [5.74, 6) is -0.590. The minimum Gasteiger partial charge on any atom is -0.368 e. The molecule has 1 atom stereocenters. The quantitative estimate of drug-likeness (QED) is 0.884. The molecule has 1 spiro atoms. The van der Waals surface area contributed by atoms with Gasteiger partial charge in [0.1, 0.15) is 15.7 Å². The summed E-state index contributed by atoms with van der Waals surface area (Å²) in [6, 6.07) is 4.44. The van der Waals surface area contributed by atoms with E-state index in [4.69, 9.17) is 9.88 Å². The lowest BCUT2D eigenvalue weighted by molar-refractivity contribution is 0.00671. The number of nitrogens with two attached hydrogens (primary N) is 1. The predicted octanol–water partition coefficient (Wildman–Crippen LogP) is 3.10. The average Bonchev–Trinajstić information content (AvgIpc) is 3.12. The van der Waals surface area contributed by atoms with Crippen molar-refractivity contribution in [3.63, 3.8) is 0 Å². The summed E-state index contributed by atoms with van der Waals surface area (Å²) in [4.78, 5) is 3.03. The van der Waals surface area contributed by atoms with Crippen molar-refractivity contribution in [3.05, 3.63) is 47.0 Å². The van der Waals surface area contributed by atoms with E-state index in [2.05, 4.69) is 9.35 Å². The molecule has 1 aromatic carbocycles. The summed E-state index contributed by atoms with van der Waals surface area (Å²) in [6.07, 6.45) is 4.47. The molecule has 2 heterocycles. The molecule has 1 saturated carbocycles. The second-order valence-electron chi connectivity index (χ2n) is 6.37. The van der Waals surface area contributed by atoms with Gasteiger partial charge in [0, 0.05) is 23.9 Å². The summed E-state index contributed by atoms with van der Waals surface area (Å²) in [7, 11) is -3.34. The number of halogens is 1. The number of hydrogen-bond acceptors (Lipinski definition) is 3. The van der Waals surface area contributed by atoms with Gasteiger partial charge in [-0.15, -0.1) is 0 Å². The van der Waals surface area contributed by atoms with Crippen LogP contribution in [0.15, 0.2) is 33.7 Å². The van der Waals surface area contributed by atoms with Gasteiger partial charge in [0.2, 0.25) is 0 Å². The second kappa shape index (κ2) is 4.90. The zero-order valence-corrected chi connectivity index (χ0v) is 13.6. The van der Waals surface area contributed by atoms with Crippen LogP contribution in [0.4, 0.5) is 10.1 Å². The van der Waals surface area contributed by atoms with Crippen LogP contribution in [0.2, 0.25) is 0 Å². The highest BCUT2D eigenvalue weighted by atomic mass is 32.2. The first-order chi connectivity index (χ1) is 10.9. The second-order valence-corrected chi connectivity index (χ2v) is 8.13. The molecule has 0 bridgehead atoms. The third-order valence-corrected chi connectivity index (χ3v) is 5.95. The van der Waals surface area contributed by atoms with Gasteiger partial charge in [-0.1, -0.05) is 6.07 Å². The molecule has 3 N–H and O–H groups in total. The molecule has 122 valence electrons. The van der Waals surface area contributed by atoms with Gasteiger partial charge in [-0.2, -0.15) is 4.36 Å². The molecule has 1 aliphatic carbocycles. The minimum absolute atomic E-state index is 0.0637. The van der Waals surface area contributed by atoms with Crippen molar-refractivity contribution in [2.24, 2.45) is 9.50 Å². The summed E-state index contributed by atoms with van der Waals surface area (Å²) >= 11 is 0. The van der Waals surface area contributed by atoms with Crippen molar-refractivity contribution >= 4 is 15.6 Å². The van der Waals surface area contributed by atoms with Crippen molar-refractivity contribution in [2.45, 2.75) is 43.3 Å². The van der Waals surface area contributed by atoms with E-state index in [0.717, 1.165) is 36.1 Å². The fourth-order valence-electron chi connectivity index (χ4n) is 2.99. The van der Waals surface area contributed by atoms with Crippen LogP contribution in [0.1, 0.15) is 29.7 Å². The lowest BCUT2D eigenvalue weighted by Gasteiger charge is -2.22. The fraction of sp³-hybridized carbons (Fsp3) is 0.375. The standard InChI is InChI=1S/C16H18FN3O2S/c1-10-2-3-15(12(17)6-10)23(18,21)20-13-8-19-14-9-22-16(4-5-16)7-11(13)14/h2-3,6,8,19H,4-5,7,9H2,1H3,(H2,18,20,21). The largest absolute Gasteiger partial charge is 0.368 e. The smallest absolute Gasteiger partial charge is 0.142 e. The number of aromatic amines is 1. The van der Waals surface area contributed by atoms with Crippen LogP contribution in [0.25, 0.3) is 0 Å². The first kappa shape index (κ1) is 14.9. The van der Waals surface area contributed by atoms with Gasteiger partial charge in [0.15, 0.2) is 0 Å². The van der Waals surface area contributed by atoms with E-state index in [1.165, 1.54) is 12.1 Å². The number of ether oxygens (including phenoxy) is 1. The van der Waals surface area contributed by atoms with E-state index in [0.29, 0.717) is 12.3 Å². The average molecular weight is 335 g/mol. The molecule has 5 nitrogen and oxygen atoms in total. The van der Waals surface area contributed by atoms with E-state index < -0.39 is 15.7 Å². The zero-order valence-electron chi connectivity index (χ0n) is 12.8. The number of fused-ring (bicyclic) bond motifs is 1. The molecule has 0 amide bonds. The summed E-state index contributed by atoms with van der Waals surface area (Å²) < 4.78 is 36.9. The van der Waals surface area contributed by atoms with E-state index in [1.807, 2.05) is 0 Å². The highest BCUT2D eigenvalue weighted by Crippen LogP contribution is 2.48. The van der Waals surface area contributed by atoms with Crippen LogP contribution in [-0.4, -0.2) is 14.8 Å². The first-order valence-electron chi connectivity index (χ1n) is 7.53. The molecule has 1 fully saturated rings. The molecule has 4 rings (SSSR count). The molecule has 0 radical (unpaired) electrons. The predicted molar refractivity (Wildman–Crippen MR) is 85.1 cm³/mol. The van der Waals surface area contributed by atoms with Gasteiger partial charge in [-0.25, -0.2) is 13.7 Å². The Morgan fingerprint density at radius 1 is 1.43 bits per heavy atom. The Labute approximate surface area is 134 Å². The van der Waals surface area contributed by atoms with Crippen molar-refractivity contribution in [2.75, 3.05) is 0 Å². The Bertz CT molecular complexity index is 908. The monoisotopic (exact) mass is 335 g/mol. The molecule has 0 saturated heterocycles. The SMILES string of the molecule is Cc1ccc(S(N)(=O)=Nc2c[nH]c3c2CC2(CC2)OC3)c(F)c1. The topological polar surface area (TPSA) is 80.5 Å². The molecule has 2 aromatic rings. The third kappa shape index (κ3) is 2.58. The molecule has 23 heavy (non-hydrogen) atoms. The van der Waals surface area contributed by atoms with Gasteiger partial charge < -0.3 is 9.72 Å². The van der Waals surface area contributed by atoms with Gasteiger partial charge in [-0.05, 0) is 37.5 Å². The van der Waals surface area contributed by atoms with Crippen LogP contribution < -0.4 is 5.14 Å². The number of aryl methyl sites for hydroxylation is 1. The molecule has 1 aliphatic heterocycles. The van der Waals surface area contributed by atoms with E-state index >= 15 is 0 Å². The zero-order chi connectivity index (χ0) is 16.2. The normalized spacial score (nSPS) is 20.8. The highest BCUT2D eigenvalue weighted by molar-refractivity contribution is 7.91. The Balaban J connectivity index is 1.78. The van der Waals surface area contributed by atoms with Crippen molar-refractivity contribution in [3.8, 4) is 0 Å². The van der Waals surface area contributed by atoms with Crippen LogP contribution in [0.5, 0.6) is 0 Å². The van der Waals surface area contributed by atoms with Gasteiger partial charge in [-0.3, -0.25) is 0 Å². The van der Waals surface area contributed by atoms with Crippen LogP contribution >= 0.6 is 0 Å². The molecular formula is C16H18FN3O2S. The van der Waals surface area contributed by atoms with E-state index in [-0.39, 0.29) is 10.5 Å². The third-order valence-electron chi connectivity index (χ3n) is 4.52. The molecule has 1 unspecified atom stereocenters. The number of hydrogen-bond donors (Lipinski definition) is 2. The number of aromatic nitrogens is 1. The number of rotatable bonds is 2. The summed E-state index contributed by atoms with van der Waals surface area (Å²) in [6.45, 7) is 2.26. The molecule has 1 aromatic heterocycles. The first-order valence-corrected chi connectivity index (χ1v) is 9.11. The van der Waals surface area contributed by atoms with Crippen molar-refractivity contribution < 1.29 is 13.3 Å². The van der Waals surface area contributed by atoms with E-state index in [9.17, 15) is 8.60 Å². The maximum absolute atomic E-state index is 14.1. The maximum atomic E-state index is 14.1.